The van der Waals surface area contributed by atoms with E-state index in [0.717, 1.165) is 16.5 Å². The number of amides is 1. The lowest BCUT2D eigenvalue weighted by Gasteiger charge is -2.12. The Morgan fingerprint density at radius 2 is 1.87 bits per heavy atom. The maximum absolute atomic E-state index is 12.6. The Hall–Kier alpha value is -3.42. The summed E-state index contributed by atoms with van der Waals surface area (Å²) in [5, 5.41) is 3.67. The first-order valence-electron chi connectivity index (χ1n) is 9.26. The van der Waals surface area contributed by atoms with E-state index < -0.39 is 6.61 Å². The predicted molar refractivity (Wildman–Crippen MR) is 109 cm³/mol. The summed E-state index contributed by atoms with van der Waals surface area (Å²) < 4.78 is 39.8. The maximum Gasteiger partial charge on any atom is 0.387 e. The molecule has 158 valence electrons. The molecular formula is C22H22F2N2O4. The molecule has 3 aromatic rings. The van der Waals surface area contributed by atoms with Gasteiger partial charge in [-0.25, -0.2) is 0 Å². The van der Waals surface area contributed by atoms with Gasteiger partial charge in [0.1, 0.15) is 5.75 Å². The first kappa shape index (κ1) is 21.3. The highest BCUT2D eigenvalue weighted by Gasteiger charge is 2.14. The number of pyridine rings is 1. The summed E-state index contributed by atoms with van der Waals surface area (Å²) >= 11 is 0. The van der Waals surface area contributed by atoms with Gasteiger partial charge in [0.25, 0.3) is 5.91 Å². The molecule has 0 saturated heterocycles. The summed E-state index contributed by atoms with van der Waals surface area (Å²) in [4.78, 5) is 17.1. The third-order valence-corrected chi connectivity index (χ3v) is 4.60. The second-order valence-corrected chi connectivity index (χ2v) is 6.55. The topological polar surface area (TPSA) is 69.7 Å². The third kappa shape index (κ3) is 4.94. The fourth-order valence-electron chi connectivity index (χ4n) is 3.08. The Morgan fingerprint density at radius 1 is 1.07 bits per heavy atom. The fraction of sp³-hybridized carbons (Fsp3) is 0.273. The standard InChI is InChI=1S/C22H22F2N2O4/c1-13-17(11-15-5-6-16(28-2)12-18(15)26-13)21(27)25-9-8-14-4-7-19(29-3)20(10-14)30-22(23)24/h4-7,10-12,22H,8-9H2,1-3H3,(H,25,27). The molecule has 0 aliphatic carbocycles. The molecule has 1 heterocycles. The van der Waals surface area contributed by atoms with Gasteiger partial charge in [-0.3, -0.25) is 9.78 Å². The number of carbonyl (C=O) groups excluding carboxylic acids is 1. The molecule has 1 amide bonds. The highest BCUT2D eigenvalue weighted by molar-refractivity contribution is 5.98. The van der Waals surface area contributed by atoms with E-state index >= 15 is 0 Å². The smallest absolute Gasteiger partial charge is 0.387 e. The van der Waals surface area contributed by atoms with Crippen LogP contribution in [-0.2, 0) is 6.42 Å². The molecule has 0 unspecified atom stereocenters. The number of ether oxygens (including phenoxy) is 3. The van der Waals surface area contributed by atoms with Gasteiger partial charge >= 0.3 is 6.61 Å². The van der Waals surface area contributed by atoms with Gasteiger partial charge in [-0.15, -0.1) is 0 Å². The SMILES string of the molecule is COc1ccc2cc(C(=O)NCCc3ccc(OC)c(OC(F)F)c3)c(C)nc2c1. The minimum Gasteiger partial charge on any atom is -0.497 e. The van der Waals surface area contributed by atoms with Crippen molar-refractivity contribution in [1.82, 2.24) is 10.3 Å². The van der Waals surface area contributed by atoms with Crippen molar-refractivity contribution in [2.24, 2.45) is 0 Å². The van der Waals surface area contributed by atoms with E-state index in [1.54, 1.807) is 32.2 Å². The number of hydrogen-bond donors (Lipinski definition) is 1. The number of carbonyl (C=O) groups is 1. The van der Waals surface area contributed by atoms with Crippen molar-refractivity contribution >= 4 is 16.8 Å². The highest BCUT2D eigenvalue weighted by atomic mass is 19.3. The zero-order valence-corrected chi connectivity index (χ0v) is 16.9. The molecular weight excluding hydrogens is 394 g/mol. The number of methoxy groups -OCH3 is 2. The van der Waals surface area contributed by atoms with Gasteiger partial charge in [-0.1, -0.05) is 6.07 Å². The van der Waals surface area contributed by atoms with Crippen LogP contribution in [0.25, 0.3) is 10.9 Å². The molecule has 2 aromatic carbocycles. The van der Waals surface area contributed by atoms with E-state index in [0.29, 0.717) is 30.0 Å². The lowest BCUT2D eigenvalue weighted by Crippen LogP contribution is -2.26. The van der Waals surface area contributed by atoms with Crippen LogP contribution in [0.15, 0.2) is 42.5 Å². The molecule has 0 radical (unpaired) electrons. The summed E-state index contributed by atoms with van der Waals surface area (Å²) in [6.45, 7) is -0.859. The van der Waals surface area contributed by atoms with Crippen molar-refractivity contribution in [3.8, 4) is 17.2 Å². The number of fused-ring (bicyclic) bond motifs is 1. The number of halogens is 2. The first-order chi connectivity index (χ1) is 14.4. The number of aryl methyl sites for hydroxylation is 1. The summed E-state index contributed by atoms with van der Waals surface area (Å²) in [6, 6.07) is 12.0. The molecule has 1 N–H and O–H groups in total. The number of alkyl halides is 2. The van der Waals surface area contributed by atoms with Gasteiger partial charge in [-0.2, -0.15) is 8.78 Å². The summed E-state index contributed by atoms with van der Waals surface area (Å²) in [6.07, 6.45) is 0.437. The molecule has 30 heavy (non-hydrogen) atoms. The van der Waals surface area contributed by atoms with Crippen molar-refractivity contribution in [2.45, 2.75) is 20.0 Å². The van der Waals surface area contributed by atoms with Crippen LogP contribution in [0.3, 0.4) is 0 Å². The van der Waals surface area contributed by atoms with Crippen LogP contribution >= 0.6 is 0 Å². The molecule has 8 heteroatoms. The zero-order valence-electron chi connectivity index (χ0n) is 16.9. The average Bonchev–Trinajstić information content (AvgIpc) is 2.72. The van der Waals surface area contributed by atoms with E-state index in [9.17, 15) is 13.6 Å². The van der Waals surface area contributed by atoms with Crippen molar-refractivity contribution in [3.05, 3.63) is 59.3 Å². The Bertz CT molecular complexity index is 1060. The monoisotopic (exact) mass is 416 g/mol. The number of rotatable bonds is 8. The third-order valence-electron chi connectivity index (χ3n) is 4.60. The predicted octanol–water partition coefficient (Wildman–Crippen LogP) is 4.13. The average molecular weight is 416 g/mol. The molecule has 6 nitrogen and oxygen atoms in total. The van der Waals surface area contributed by atoms with Gasteiger partial charge in [-0.05, 0) is 49.2 Å². The molecule has 0 aliphatic rings. The van der Waals surface area contributed by atoms with Gasteiger partial charge in [0.15, 0.2) is 11.5 Å². The van der Waals surface area contributed by atoms with E-state index in [1.807, 2.05) is 18.2 Å². The Kier molecular flexibility index (Phi) is 6.66. The highest BCUT2D eigenvalue weighted by Crippen LogP contribution is 2.29. The van der Waals surface area contributed by atoms with Gasteiger partial charge in [0, 0.05) is 18.0 Å². The van der Waals surface area contributed by atoms with Crippen LogP contribution in [0, 0.1) is 6.92 Å². The Labute approximate surface area is 172 Å². The normalized spacial score (nSPS) is 10.9. The number of nitrogens with zero attached hydrogens (tertiary/aromatic N) is 1. The van der Waals surface area contributed by atoms with Gasteiger partial charge in [0.2, 0.25) is 0 Å². The summed E-state index contributed by atoms with van der Waals surface area (Å²) in [5.74, 6) is 0.621. The van der Waals surface area contributed by atoms with Crippen molar-refractivity contribution in [3.63, 3.8) is 0 Å². The van der Waals surface area contributed by atoms with E-state index in [1.165, 1.54) is 13.2 Å². The van der Waals surface area contributed by atoms with Crippen molar-refractivity contribution in [1.29, 1.82) is 0 Å². The minimum absolute atomic E-state index is 0.0404. The molecule has 3 rings (SSSR count). The van der Waals surface area contributed by atoms with Crippen LogP contribution in [0.1, 0.15) is 21.6 Å². The van der Waals surface area contributed by atoms with E-state index in [4.69, 9.17) is 9.47 Å². The fourth-order valence-corrected chi connectivity index (χ4v) is 3.08. The minimum atomic E-state index is -2.95. The number of hydrogen-bond acceptors (Lipinski definition) is 5. The van der Waals surface area contributed by atoms with Crippen LogP contribution in [0.2, 0.25) is 0 Å². The second-order valence-electron chi connectivity index (χ2n) is 6.55. The van der Waals surface area contributed by atoms with Crippen LogP contribution in [0.5, 0.6) is 17.2 Å². The molecule has 0 aliphatic heterocycles. The van der Waals surface area contributed by atoms with Gasteiger partial charge < -0.3 is 19.5 Å². The van der Waals surface area contributed by atoms with Crippen molar-refractivity contribution in [2.75, 3.05) is 20.8 Å². The molecule has 0 atom stereocenters. The number of aromatic nitrogens is 1. The quantitative estimate of drug-likeness (QED) is 0.598. The summed E-state index contributed by atoms with van der Waals surface area (Å²) in [7, 11) is 2.96. The van der Waals surface area contributed by atoms with Crippen LogP contribution in [0.4, 0.5) is 8.78 Å². The first-order valence-corrected chi connectivity index (χ1v) is 9.26. The Morgan fingerprint density at radius 3 is 2.57 bits per heavy atom. The van der Waals surface area contributed by atoms with Crippen LogP contribution in [-0.4, -0.2) is 38.3 Å². The van der Waals surface area contributed by atoms with E-state index in [2.05, 4.69) is 15.0 Å². The Balaban J connectivity index is 1.68. The van der Waals surface area contributed by atoms with Crippen LogP contribution < -0.4 is 19.5 Å². The lowest BCUT2D eigenvalue weighted by molar-refractivity contribution is -0.0512. The maximum atomic E-state index is 12.6. The molecule has 0 fully saturated rings. The molecule has 0 bridgehead atoms. The lowest BCUT2D eigenvalue weighted by atomic mass is 10.1. The summed E-state index contributed by atoms with van der Waals surface area (Å²) in [5.41, 5.74) is 2.55. The van der Waals surface area contributed by atoms with Gasteiger partial charge in [0.05, 0.1) is 31.0 Å². The largest absolute Gasteiger partial charge is 0.497 e. The molecule has 0 spiro atoms. The molecule has 0 saturated carbocycles. The zero-order chi connectivity index (χ0) is 21.7. The van der Waals surface area contributed by atoms with E-state index in [-0.39, 0.29) is 17.4 Å². The number of benzene rings is 2. The van der Waals surface area contributed by atoms with Crippen molar-refractivity contribution < 1.29 is 27.8 Å². The second kappa shape index (κ2) is 9.39. The number of nitrogens with one attached hydrogen (secondary N) is 1. The molecule has 1 aromatic heterocycles.